The Labute approximate surface area is 127 Å². The lowest BCUT2D eigenvalue weighted by Crippen LogP contribution is -2.32. The molecule has 1 aliphatic rings. The van der Waals surface area contributed by atoms with E-state index in [4.69, 9.17) is 0 Å². The number of pyridine rings is 1. The van der Waals surface area contributed by atoms with Crippen molar-refractivity contribution in [2.45, 2.75) is 19.9 Å². The average Bonchev–Trinajstić information content (AvgIpc) is 2.76. The highest BCUT2D eigenvalue weighted by molar-refractivity contribution is 6.21. The Morgan fingerprint density at radius 1 is 0.864 bits per heavy atom. The molecule has 1 aromatic heterocycles. The minimum Gasteiger partial charge on any atom is -0.315 e. The molecule has 5 heteroatoms. The van der Waals surface area contributed by atoms with E-state index in [1.165, 1.54) is 11.0 Å². The normalized spacial score (nSPS) is 13.6. The Bertz CT molecular complexity index is 773. The third-order valence-corrected chi connectivity index (χ3v) is 3.79. The molecule has 2 amide bonds. The van der Waals surface area contributed by atoms with Gasteiger partial charge in [0, 0.05) is 25.4 Å². The van der Waals surface area contributed by atoms with E-state index in [1.54, 1.807) is 41.1 Å². The molecule has 0 N–H and O–H groups in total. The lowest BCUT2D eigenvalue weighted by Gasteiger charge is -2.14. The lowest BCUT2D eigenvalue weighted by atomic mass is 10.1. The summed E-state index contributed by atoms with van der Waals surface area (Å²) >= 11 is 0. The van der Waals surface area contributed by atoms with Gasteiger partial charge in [0.25, 0.3) is 17.4 Å². The summed E-state index contributed by atoms with van der Waals surface area (Å²) < 4.78 is 1.60. The summed E-state index contributed by atoms with van der Waals surface area (Å²) in [5, 5.41) is 0. The van der Waals surface area contributed by atoms with Crippen LogP contribution in [0.5, 0.6) is 0 Å². The fraction of sp³-hybridized carbons (Fsp3) is 0.235. The molecule has 5 nitrogen and oxygen atoms in total. The van der Waals surface area contributed by atoms with E-state index >= 15 is 0 Å². The van der Waals surface area contributed by atoms with Crippen LogP contribution in [0.25, 0.3) is 0 Å². The molecule has 0 bridgehead atoms. The van der Waals surface area contributed by atoms with Gasteiger partial charge in [0.05, 0.1) is 11.1 Å². The van der Waals surface area contributed by atoms with Gasteiger partial charge in [0.15, 0.2) is 0 Å². The minimum absolute atomic E-state index is 0.0760. The van der Waals surface area contributed by atoms with Crippen LogP contribution >= 0.6 is 0 Å². The molecule has 112 valence electrons. The van der Waals surface area contributed by atoms with Gasteiger partial charge in [0.1, 0.15) is 0 Å². The molecule has 0 spiro atoms. The van der Waals surface area contributed by atoms with Crippen molar-refractivity contribution in [2.75, 3.05) is 6.54 Å². The van der Waals surface area contributed by atoms with Gasteiger partial charge in [-0.15, -0.1) is 0 Å². The second-order valence-electron chi connectivity index (χ2n) is 5.40. The first-order chi connectivity index (χ1) is 10.6. The number of benzene rings is 1. The van der Waals surface area contributed by atoms with Gasteiger partial charge in [-0.05, 0) is 31.0 Å². The van der Waals surface area contributed by atoms with Crippen LogP contribution in [-0.4, -0.2) is 27.8 Å². The number of amides is 2. The first-order valence-electron chi connectivity index (χ1n) is 7.20. The molecule has 2 aromatic rings. The molecule has 22 heavy (non-hydrogen) atoms. The summed E-state index contributed by atoms with van der Waals surface area (Å²) in [6.07, 6.45) is 2.33. The summed E-state index contributed by atoms with van der Waals surface area (Å²) in [6, 6.07) is 10.1. The van der Waals surface area contributed by atoms with E-state index in [2.05, 4.69) is 0 Å². The summed E-state index contributed by atoms with van der Waals surface area (Å²) in [5.74, 6) is -0.505. The van der Waals surface area contributed by atoms with Crippen LogP contribution < -0.4 is 5.56 Å². The smallest absolute Gasteiger partial charge is 0.261 e. The monoisotopic (exact) mass is 296 g/mol. The van der Waals surface area contributed by atoms with Crippen LogP contribution in [0.2, 0.25) is 0 Å². The number of carbonyl (C=O) groups is 2. The Morgan fingerprint density at radius 3 is 2.14 bits per heavy atom. The van der Waals surface area contributed by atoms with Crippen molar-refractivity contribution in [3.8, 4) is 0 Å². The van der Waals surface area contributed by atoms with Gasteiger partial charge in [-0.2, -0.15) is 0 Å². The van der Waals surface area contributed by atoms with E-state index in [-0.39, 0.29) is 17.4 Å². The van der Waals surface area contributed by atoms with Crippen molar-refractivity contribution in [2.24, 2.45) is 0 Å². The highest BCUT2D eigenvalue weighted by atomic mass is 16.2. The SMILES string of the molecule is Cc1ccc(=O)n(CCCN2C(=O)c3ccccc3C2=O)c1. The zero-order chi connectivity index (χ0) is 15.7. The number of hydrogen-bond acceptors (Lipinski definition) is 3. The van der Waals surface area contributed by atoms with E-state index in [1.807, 2.05) is 6.92 Å². The van der Waals surface area contributed by atoms with Gasteiger partial charge in [0.2, 0.25) is 0 Å². The fourth-order valence-corrected chi connectivity index (χ4v) is 2.67. The number of imide groups is 1. The first-order valence-corrected chi connectivity index (χ1v) is 7.20. The lowest BCUT2D eigenvalue weighted by molar-refractivity contribution is 0.0650. The molecule has 0 radical (unpaired) electrons. The van der Waals surface area contributed by atoms with Gasteiger partial charge < -0.3 is 4.57 Å². The summed E-state index contributed by atoms with van der Waals surface area (Å²) in [5.41, 5.74) is 1.84. The highest BCUT2D eigenvalue weighted by Crippen LogP contribution is 2.22. The fourth-order valence-electron chi connectivity index (χ4n) is 2.67. The van der Waals surface area contributed by atoms with Gasteiger partial charge in [-0.25, -0.2) is 0 Å². The molecule has 3 rings (SSSR count). The van der Waals surface area contributed by atoms with Crippen LogP contribution in [0, 0.1) is 6.92 Å². The van der Waals surface area contributed by atoms with Gasteiger partial charge >= 0.3 is 0 Å². The minimum atomic E-state index is -0.253. The molecular formula is C17H16N2O3. The summed E-state index contributed by atoms with van der Waals surface area (Å²) in [6.45, 7) is 2.71. The van der Waals surface area contributed by atoms with Crippen LogP contribution in [0.4, 0.5) is 0 Å². The quantitative estimate of drug-likeness (QED) is 0.809. The number of fused-ring (bicyclic) bond motifs is 1. The number of hydrogen-bond donors (Lipinski definition) is 0. The number of nitrogens with zero attached hydrogens (tertiary/aromatic N) is 2. The second kappa shape index (κ2) is 5.60. The molecule has 1 aliphatic heterocycles. The van der Waals surface area contributed by atoms with Crippen molar-refractivity contribution in [3.63, 3.8) is 0 Å². The number of aromatic nitrogens is 1. The van der Waals surface area contributed by atoms with Gasteiger partial charge in [-0.3, -0.25) is 19.3 Å². The molecule has 0 saturated heterocycles. The summed E-state index contributed by atoms with van der Waals surface area (Å²) in [7, 11) is 0. The third kappa shape index (κ3) is 2.45. The first kappa shape index (κ1) is 14.3. The molecule has 0 aliphatic carbocycles. The van der Waals surface area contributed by atoms with Gasteiger partial charge in [-0.1, -0.05) is 18.2 Å². The van der Waals surface area contributed by atoms with E-state index in [0.717, 1.165) is 5.56 Å². The van der Waals surface area contributed by atoms with Crippen molar-refractivity contribution >= 4 is 11.8 Å². The van der Waals surface area contributed by atoms with E-state index in [9.17, 15) is 14.4 Å². The Balaban J connectivity index is 1.68. The maximum absolute atomic E-state index is 12.2. The molecule has 1 aromatic carbocycles. The molecule has 2 heterocycles. The predicted molar refractivity (Wildman–Crippen MR) is 81.9 cm³/mol. The van der Waals surface area contributed by atoms with Crippen LogP contribution in [0.1, 0.15) is 32.7 Å². The van der Waals surface area contributed by atoms with E-state index < -0.39 is 0 Å². The number of carbonyl (C=O) groups excluding carboxylic acids is 2. The molecule has 0 atom stereocenters. The molecule has 0 unspecified atom stereocenters. The van der Waals surface area contributed by atoms with Crippen molar-refractivity contribution in [3.05, 3.63) is 69.6 Å². The van der Waals surface area contributed by atoms with Crippen molar-refractivity contribution < 1.29 is 9.59 Å². The maximum atomic E-state index is 12.2. The zero-order valence-corrected chi connectivity index (χ0v) is 12.3. The second-order valence-corrected chi connectivity index (χ2v) is 5.40. The standard InChI is InChI=1S/C17H16N2O3/c1-12-7-8-15(20)18(11-12)9-4-10-19-16(21)13-5-2-3-6-14(13)17(19)22/h2-3,5-8,11H,4,9-10H2,1H3. The highest BCUT2D eigenvalue weighted by Gasteiger charge is 2.34. The summed E-state index contributed by atoms with van der Waals surface area (Å²) in [4.78, 5) is 37.4. The third-order valence-electron chi connectivity index (χ3n) is 3.79. The predicted octanol–water partition coefficient (Wildman–Crippen LogP) is 1.84. The Hall–Kier alpha value is -2.69. The largest absolute Gasteiger partial charge is 0.315 e. The average molecular weight is 296 g/mol. The molecule has 0 saturated carbocycles. The van der Waals surface area contributed by atoms with Crippen LogP contribution in [-0.2, 0) is 6.54 Å². The van der Waals surface area contributed by atoms with Crippen LogP contribution in [0.3, 0.4) is 0 Å². The molecular weight excluding hydrogens is 280 g/mol. The molecule has 0 fully saturated rings. The van der Waals surface area contributed by atoms with Crippen molar-refractivity contribution in [1.82, 2.24) is 9.47 Å². The van der Waals surface area contributed by atoms with E-state index in [0.29, 0.717) is 30.6 Å². The topological polar surface area (TPSA) is 59.4 Å². The zero-order valence-electron chi connectivity index (χ0n) is 12.3. The Morgan fingerprint density at radius 2 is 1.50 bits per heavy atom. The van der Waals surface area contributed by atoms with Crippen LogP contribution in [0.15, 0.2) is 47.4 Å². The number of aryl methyl sites for hydroxylation is 2. The maximum Gasteiger partial charge on any atom is 0.261 e. The van der Waals surface area contributed by atoms with Crippen molar-refractivity contribution in [1.29, 1.82) is 0 Å². The number of rotatable bonds is 4. The Kier molecular flexibility index (Phi) is 3.63.